The van der Waals surface area contributed by atoms with Crippen molar-refractivity contribution >= 4 is 5.82 Å². The molecule has 7 heteroatoms. The number of nitrogens with one attached hydrogen (secondary N) is 2. The van der Waals surface area contributed by atoms with Crippen molar-refractivity contribution in [2.45, 2.75) is 44.8 Å². The molecule has 2 fully saturated rings. The molecule has 3 atom stereocenters. The average molecular weight is 362 g/mol. The molecule has 0 saturated heterocycles. The highest BCUT2D eigenvalue weighted by molar-refractivity contribution is 5.74. The molecular weight excluding hydrogens is 341 g/mol. The minimum absolute atomic E-state index is 0.421. The Balaban J connectivity index is 1.54. The van der Waals surface area contributed by atoms with Gasteiger partial charge in [0.25, 0.3) is 0 Å². The molecule has 0 spiro atoms. The van der Waals surface area contributed by atoms with Gasteiger partial charge in [0.1, 0.15) is 5.82 Å². The number of benzene rings is 1. The van der Waals surface area contributed by atoms with Gasteiger partial charge in [0.15, 0.2) is 5.82 Å². The van der Waals surface area contributed by atoms with Crippen LogP contribution in [0.1, 0.15) is 37.1 Å². The van der Waals surface area contributed by atoms with Crippen LogP contribution in [-0.2, 0) is 6.18 Å². The van der Waals surface area contributed by atoms with E-state index in [1.54, 1.807) is 13.1 Å². The number of alkyl halides is 3. The summed E-state index contributed by atoms with van der Waals surface area (Å²) >= 11 is 0. The van der Waals surface area contributed by atoms with E-state index in [4.69, 9.17) is 0 Å². The SMILES string of the molecule is Cc1ncc(-c2ccc(C(F)(F)F)cc2)c(NN[C@@H]2C[C@@H]3CC[C@@H]2C3)n1. The lowest BCUT2D eigenvalue weighted by atomic mass is 9.96. The van der Waals surface area contributed by atoms with Crippen LogP contribution in [0, 0.1) is 18.8 Å². The highest BCUT2D eigenvalue weighted by Crippen LogP contribution is 2.44. The Kier molecular flexibility index (Phi) is 4.34. The van der Waals surface area contributed by atoms with Gasteiger partial charge in [-0.25, -0.2) is 15.4 Å². The predicted molar refractivity (Wildman–Crippen MR) is 93.2 cm³/mol. The van der Waals surface area contributed by atoms with Crippen molar-refractivity contribution in [3.63, 3.8) is 0 Å². The van der Waals surface area contributed by atoms with Crippen LogP contribution in [-0.4, -0.2) is 16.0 Å². The summed E-state index contributed by atoms with van der Waals surface area (Å²) in [5, 5.41) is 0. The summed E-state index contributed by atoms with van der Waals surface area (Å²) in [5.41, 5.74) is 7.25. The molecule has 26 heavy (non-hydrogen) atoms. The fourth-order valence-corrected chi connectivity index (χ4v) is 4.20. The first kappa shape index (κ1) is 17.3. The second-order valence-electron chi connectivity index (χ2n) is 7.31. The van der Waals surface area contributed by atoms with Gasteiger partial charge in [0.05, 0.1) is 5.56 Å². The van der Waals surface area contributed by atoms with E-state index >= 15 is 0 Å². The minimum Gasteiger partial charge on any atom is -0.305 e. The van der Waals surface area contributed by atoms with Gasteiger partial charge in [-0.1, -0.05) is 18.6 Å². The highest BCUT2D eigenvalue weighted by Gasteiger charge is 2.39. The van der Waals surface area contributed by atoms with Crippen LogP contribution in [0.5, 0.6) is 0 Å². The van der Waals surface area contributed by atoms with Gasteiger partial charge in [0.2, 0.25) is 0 Å². The Bertz CT molecular complexity index is 788. The van der Waals surface area contributed by atoms with Gasteiger partial charge < -0.3 is 5.43 Å². The van der Waals surface area contributed by atoms with E-state index in [1.165, 1.54) is 31.4 Å². The maximum Gasteiger partial charge on any atom is 0.416 e. The number of hydrazine groups is 1. The second kappa shape index (κ2) is 6.54. The van der Waals surface area contributed by atoms with Crippen molar-refractivity contribution in [1.82, 2.24) is 15.4 Å². The van der Waals surface area contributed by atoms with Crippen molar-refractivity contribution in [2.24, 2.45) is 11.8 Å². The maximum atomic E-state index is 12.8. The van der Waals surface area contributed by atoms with Gasteiger partial charge in [-0.05, 0) is 55.7 Å². The first-order valence-electron chi connectivity index (χ1n) is 8.93. The number of rotatable bonds is 4. The van der Waals surface area contributed by atoms with Crippen molar-refractivity contribution in [3.8, 4) is 11.1 Å². The van der Waals surface area contributed by atoms with E-state index in [2.05, 4.69) is 20.8 Å². The van der Waals surface area contributed by atoms with E-state index < -0.39 is 11.7 Å². The van der Waals surface area contributed by atoms with Crippen molar-refractivity contribution in [3.05, 3.63) is 41.9 Å². The second-order valence-corrected chi connectivity index (χ2v) is 7.31. The van der Waals surface area contributed by atoms with Gasteiger partial charge >= 0.3 is 6.18 Å². The molecule has 1 heterocycles. The molecule has 2 bridgehead atoms. The largest absolute Gasteiger partial charge is 0.416 e. The molecule has 0 amide bonds. The number of halogens is 3. The molecule has 2 aromatic rings. The van der Waals surface area contributed by atoms with E-state index in [0.29, 0.717) is 34.7 Å². The Morgan fingerprint density at radius 2 is 1.85 bits per heavy atom. The molecule has 0 unspecified atom stereocenters. The zero-order valence-corrected chi connectivity index (χ0v) is 14.5. The standard InChI is InChI=1S/C19H21F3N4/c1-11-23-10-16(13-4-6-15(7-5-13)19(20,21)22)18(24-11)26-25-17-9-12-2-3-14(17)8-12/h4-7,10,12,14,17,25H,2-3,8-9H2,1H3,(H,23,24,26)/t12-,14-,17-/m1/s1. The maximum absolute atomic E-state index is 12.8. The summed E-state index contributed by atoms with van der Waals surface area (Å²) in [6.07, 6.45) is 2.35. The van der Waals surface area contributed by atoms with E-state index in [1.807, 2.05) is 0 Å². The van der Waals surface area contributed by atoms with Crippen LogP contribution < -0.4 is 10.9 Å². The third-order valence-electron chi connectivity index (χ3n) is 5.55. The topological polar surface area (TPSA) is 49.8 Å². The van der Waals surface area contributed by atoms with Crippen LogP contribution in [0.3, 0.4) is 0 Å². The Morgan fingerprint density at radius 1 is 1.08 bits per heavy atom. The third kappa shape index (κ3) is 3.40. The molecule has 0 radical (unpaired) electrons. The number of fused-ring (bicyclic) bond motifs is 2. The van der Waals surface area contributed by atoms with Gasteiger partial charge in [-0.2, -0.15) is 13.2 Å². The lowest BCUT2D eigenvalue weighted by Gasteiger charge is -2.24. The molecular formula is C19H21F3N4. The van der Waals surface area contributed by atoms with E-state index in [9.17, 15) is 13.2 Å². The number of aryl methyl sites for hydroxylation is 1. The number of hydrogen-bond acceptors (Lipinski definition) is 4. The fourth-order valence-electron chi connectivity index (χ4n) is 4.20. The lowest BCUT2D eigenvalue weighted by molar-refractivity contribution is -0.137. The van der Waals surface area contributed by atoms with Crippen LogP contribution in [0.4, 0.5) is 19.0 Å². The van der Waals surface area contributed by atoms with E-state index in [-0.39, 0.29) is 0 Å². The molecule has 4 rings (SSSR count). The van der Waals surface area contributed by atoms with Crippen LogP contribution in [0.15, 0.2) is 30.5 Å². The summed E-state index contributed by atoms with van der Waals surface area (Å²) < 4.78 is 38.3. The molecule has 2 saturated carbocycles. The third-order valence-corrected chi connectivity index (χ3v) is 5.55. The Morgan fingerprint density at radius 3 is 2.46 bits per heavy atom. The van der Waals surface area contributed by atoms with Crippen molar-refractivity contribution < 1.29 is 13.2 Å². The summed E-state index contributed by atoms with van der Waals surface area (Å²) in [6.45, 7) is 1.79. The monoisotopic (exact) mass is 362 g/mol. The summed E-state index contributed by atoms with van der Waals surface area (Å²) in [7, 11) is 0. The number of anilines is 1. The summed E-state index contributed by atoms with van der Waals surface area (Å²) in [5.74, 6) is 2.73. The predicted octanol–water partition coefficient (Wildman–Crippen LogP) is 4.58. The molecule has 138 valence electrons. The zero-order valence-electron chi connectivity index (χ0n) is 14.5. The summed E-state index contributed by atoms with van der Waals surface area (Å²) in [4.78, 5) is 8.64. The van der Waals surface area contributed by atoms with Gasteiger partial charge in [-0.3, -0.25) is 0 Å². The van der Waals surface area contributed by atoms with Crippen LogP contribution >= 0.6 is 0 Å². The number of hydrogen-bond donors (Lipinski definition) is 2. The number of nitrogens with zero attached hydrogens (tertiary/aromatic N) is 2. The van der Waals surface area contributed by atoms with Crippen molar-refractivity contribution in [2.75, 3.05) is 5.43 Å². The molecule has 2 aliphatic carbocycles. The average Bonchev–Trinajstić information content (AvgIpc) is 3.22. The quantitative estimate of drug-likeness (QED) is 0.782. The van der Waals surface area contributed by atoms with Gasteiger partial charge in [0, 0.05) is 17.8 Å². The van der Waals surface area contributed by atoms with Gasteiger partial charge in [-0.15, -0.1) is 0 Å². The first-order chi connectivity index (χ1) is 12.4. The molecule has 0 aliphatic heterocycles. The highest BCUT2D eigenvalue weighted by atomic mass is 19.4. The Hall–Kier alpha value is -2.15. The zero-order chi connectivity index (χ0) is 18.3. The molecule has 1 aromatic heterocycles. The summed E-state index contributed by atoms with van der Waals surface area (Å²) in [6, 6.07) is 5.51. The van der Waals surface area contributed by atoms with E-state index in [0.717, 1.165) is 24.5 Å². The molecule has 4 nitrogen and oxygen atoms in total. The normalized spacial score (nSPS) is 24.8. The Labute approximate surface area is 150 Å². The smallest absolute Gasteiger partial charge is 0.305 e. The molecule has 1 aromatic carbocycles. The van der Waals surface area contributed by atoms with Crippen LogP contribution in [0.25, 0.3) is 11.1 Å². The lowest BCUT2D eigenvalue weighted by Crippen LogP contribution is -2.38. The fraction of sp³-hybridized carbons (Fsp3) is 0.474. The van der Waals surface area contributed by atoms with Crippen LogP contribution in [0.2, 0.25) is 0 Å². The number of aromatic nitrogens is 2. The first-order valence-corrected chi connectivity index (χ1v) is 8.93. The molecule has 2 N–H and O–H groups in total. The van der Waals surface area contributed by atoms with Crippen molar-refractivity contribution in [1.29, 1.82) is 0 Å². The molecule has 2 aliphatic rings. The minimum atomic E-state index is -4.34.